The van der Waals surface area contributed by atoms with Crippen LogP contribution >= 0.6 is 11.3 Å². The molecule has 2 aromatic rings. The molecule has 3 rings (SSSR count). The first-order valence-corrected chi connectivity index (χ1v) is 8.38. The number of benzene rings is 1. The van der Waals surface area contributed by atoms with Gasteiger partial charge in [0.25, 0.3) is 0 Å². The lowest BCUT2D eigenvalue weighted by molar-refractivity contribution is -0.128. The topological polar surface area (TPSA) is 20.3 Å². The van der Waals surface area contributed by atoms with Crippen LogP contribution in [0.4, 0.5) is 4.39 Å². The summed E-state index contributed by atoms with van der Waals surface area (Å²) in [4.78, 5) is 15.8. The van der Waals surface area contributed by atoms with E-state index in [0.717, 1.165) is 19.4 Å². The minimum Gasteiger partial charge on any atom is -0.332 e. The molecule has 1 atom stereocenters. The van der Waals surface area contributed by atoms with Gasteiger partial charge in [0.05, 0.1) is 6.04 Å². The molecule has 1 aromatic carbocycles. The first-order valence-electron chi connectivity index (χ1n) is 7.50. The van der Waals surface area contributed by atoms with Crippen molar-refractivity contribution in [2.45, 2.75) is 25.8 Å². The Morgan fingerprint density at radius 3 is 3.00 bits per heavy atom. The summed E-state index contributed by atoms with van der Waals surface area (Å²) in [6.07, 6.45) is 4.84. The predicted molar refractivity (Wildman–Crippen MR) is 88.2 cm³/mol. The van der Waals surface area contributed by atoms with Gasteiger partial charge < -0.3 is 4.90 Å². The van der Waals surface area contributed by atoms with Crippen LogP contribution < -0.4 is 0 Å². The van der Waals surface area contributed by atoms with Gasteiger partial charge in [0, 0.05) is 23.1 Å². The summed E-state index contributed by atoms with van der Waals surface area (Å²) in [5, 5.41) is 2.09. The Kier molecular flexibility index (Phi) is 4.39. The molecule has 0 saturated heterocycles. The summed E-state index contributed by atoms with van der Waals surface area (Å²) >= 11 is 1.76. The third-order valence-electron chi connectivity index (χ3n) is 4.08. The molecule has 22 heavy (non-hydrogen) atoms. The first kappa shape index (κ1) is 15.0. The Balaban J connectivity index is 1.79. The Bertz CT molecular complexity index is 707. The molecule has 4 heteroatoms. The number of thiophene rings is 1. The Hall–Kier alpha value is -1.94. The summed E-state index contributed by atoms with van der Waals surface area (Å²) in [6, 6.07) is 8.73. The van der Waals surface area contributed by atoms with Crippen molar-refractivity contribution in [3.8, 4) is 0 Å². The van der Waals surface area contributed by atoms with Crippen LogP contribution in [0.25, 0.3) is 6.08 Å². The highest BCUT2D eigenvalue weighted by Gasteiger charge is 2.29. The van der Waals surface area contributed by atoms with Crippen molar-refractivity contribution in [3.05, 3.63) is 63.6 Å². The molecular weight excluding hydrogens is 297 g/mol. The van der Waals surface area contributed by atoms with Gasteiger partial charge in [-0.2, -0.15) is 0 Å². The molecule has 2 heterocycles. The highest BCUT2D eigenvalue weighted by Crippen LogP contribution is 2.35. The van der Waals surface area contributed by atoms with Crippen molar-refractivity contribution in [2.24, 2.45) is 0 Å². The fraction of sp³-hybridized carbons (Fsp3) is 0.278. The number of halogens is 1. The summed E-state index contributed by atoms with van der Waals surface area (Å²) in [5.41, 5.74) is 1.71. The molecule has 1 amide bonds. The average Bonchev–Trinajstić information content (AvgIpc) is 3.01. The van der Waals surface area contributed by atoms with Gasteiger partial charge in [-0.1, -0.05) is 25.1 Å². The molecule has 0 bridgehead atoms. The lowest BCUT2D eigenvalue weighted by atomic mass is 9.97. The van der Waals surface area contributed by atoms with E-state index in [9.17, 15) is 9.18 Å². The minimum absolute atomic E-state index is 0.0491. The van der Waals surface area contributed by atoms with E-state index < -0.39 is 0 Å². The Morgan fingerprint density at radius 2 is 2.23 bits per heavy atom. The predicted octanol–water partition coefficient (Wildman–Crippen LogP) is 4.44. The minimum atomic E-state index is -0.308. The van der Waals surface area contributed by atoms with Crippen molar-refractivity contribution < 1.29 is 9.18 Å². The zero-order chi connectivity index (χ0) is 15.5. The van der Waals surface area contributed by atoms with Gasteiger partial charge in [-0.15, -0.1) is 11.3 Å². The second-order valence-electron chi connectivity index (χ2n) is 5.36. The molecule has 0 N–H and O–H groups in total. The van der Waals surface area contributed by atoms with Gasteiger partial charge in [-0.05, 0) is 42.0 Å². The largest absolute Gasteiger partial charge is 0.332 e. The summed E-state index contributed by atoms with van der Waals surface area (Å²) < 4.78 is 13.6. The van der Waals surface area contributed by atoms with E-state index in [2.05, 4.69) is 18.4 Å². The number of hydrogen-bond donors (Lipinski definition) is 0. The molecule has 0 aliphatic carbocycles. The van der Waals surface area contributed by atoms with Crippen LogP contribution in [-0.4, -0.2) is 17.4 Å². The molecule has 0 saturated carbocycles. The Morgan fingerprint density at radius 1 is 1.41 bits per heavy atom. The van der Waals surface area contributed by atoms with Crippen LogP contribution in [0.1, 0.15) is 35.4 Å². The van der Waals surface area contributed by atoms with Crippen LogP contribution in [-0.2, 0) is 11.2 Å². The van der Waals surface area contributed by atoms with Crippen molar-refractivity contribution in [1.82, 2.24) is 4.90 Å². The van der Waals surface area contributed by atoms with Gasteiger partial charge in [-0.25, -0.2) is 4.39 Å². The maximum Gasteiger partial charge on any atom is 0.247 e. The van der Waals surface area contributed by atoms with Crippen molar-refractivity contribution in [3.63, 3.8) is 0 Å². The molecule has 0 fully saturated rings. The fourth-order valence-electron chi connectivity index (χ4n) is 2.97. The van der Waals surface area contributed by atoms with Gasteiger partial charge in [0.15, 0.2) is 0 Å². The second-order valence-corrected chi connectivity index (χ2v) is 6.36. The smallest absolute Gasteiger partial charge is 0.247 e. The third-order valence-corrected chi connectivity index (χ3v) is 5.07. The molecule has 2 nitrogen and oxygen atoms in total. The van der Waals surface area contributed by atoms with Crippen molar-refractivity contribution in [1.29, 1.82) is 0 Å². The lowest BCUT2D eigenvalue weighted by Gasteiger charge is -2.34. The first-order chi connectivity index (χ1) is 10.7. The molecule has 1 aromatic heterocycles. The monoisotopic (exact) mass is 315 g/mol. The van der Waals surface area contributed by atoms with Crippen molar-refractivity contribution >= 4 is 23.3 Å². The SMILES string of the molecule is CCC1c2ccsc2CCN1C(=O)C=Cc1ccccc1F. The molecule has 114 valence electrons. The highest BCUT2D eigenvalue weighted by atomic mass is 32.1. The van der Waals surface area contributed by atoms with Crippen LogP contribution in [0.5, 0.6) is 0 Å². The standard InChI is InChI=1S/C18H18FNOS/c1-2-16-14-10-12-22-17(14)9-11-20(16)18(21)8-7-13-5-3-4-6-15(13)19/h3-8,10,12,16H,2,9,11H2,1H3. The Labute approximate surface area is 133 Å². The van der Waals surface area contributed by atoms with Crippen molar-refractivity contribution in [2.75, 3.05) is 6.54 Å². The van der Waals surface area contributed by atoms with E-state index in [-0.39, 0.29) is 17.8 Å². The summed E-state index contributed by atoms with van der Waals surface area (Å²) in [5.74, 6) is -0.357. The van der Waals surface area contributed by atoms with E-state index >= 15 is 0 Å². The molecule has 0 radical (unpaired) electrons. The summed E-state index contributed by atoms with van der Waals surface area (Å²) in [6.45, 7) is 2.82. The maximum absolute atomic E-state index is 13.6. The highest BCUT2D eigenvalue weighted by molar-refractivity contribution is 7.10. The zero-order valence-electron chi connectivity index (χ0n) is 12.5. The van der Waals surface area contributed by atoms with E-state index in [4.69, 9.17) is 0 Å². The van der Waals surface area contributed by atoms with Gasteiger partial charge in [0.1, 0.15) is 5.82 Å². The second kappa shape index (κ2) is 6.44. The van der Waals surface area contributed by atoms with Gasteiger partial charge >= 0.3 is 0 Å². The maximum atomic E-state index is 13.6. The summed E-state index contributed by atoms with van der Waals surface area (Å²) in [7, 11) is 0. The van der Waals surface area contributed by atoms with E-state index in [0.29, 0.717) is 5.56 Å². The van der Waals surface area contributed by atoms with Crippen LogP contribution in [0.15, 0.2) is 41.8 Å². The van der Waals surface area contributed by atoms with Crippen LogP contribution in [0, 0.1) is 5.82 Å². The van der Waals surface area contributed by atoms with E-state index in [1.165, 1.54) is 22.6 Å². The molecule has 1 aliphatic heterocycles. The zero-order valence-corrected chi connectivity index (χ0v) is 13.3. The number of hydrogen-bond acceptors (Lipinski definition) is 2. The number of fused-ring (bicyclic) bond motifs is 1. The average molecular weight is 315 g/mol. The molecule has 1 unspecified atom stereocenters. The molecule has 1 aliphatic rings. The normalized spacial score (nSPS) is 17.7. The number of carbonyl (C=O) groups is 1. The number of amides is 1. The lowest BCUT2D eigenvalue weighted by Crippen LogP contribution is -2.38. The fourth-order valence-corrected chi connectivity index (χ4v) is 3.90. The number of nitrogens with zero attached hydrogens (tertiary/aromatic N) is 1. The third kappa shape index (κ3) is 2.83. The van der Waals surface area contributed by atoms with E-state index in [1.54, 1.807) is 35.6 Å². The quantitative estimate of drug-likeness (QED) is 0.767. The van der Waals surface area contributed by atoms with Crippen LogP contribution in [0.3, 0.4) is 0 Å². The molecule has 0 spiro atoms. The number of rotatable bonds is 3. The van der Waals surface area contributed by atoms with Gasteiger partial charge in [0.2, 0.25) is 5.91 Å². The van der Waals surface area contributed by atoms with E-state index in [1.807, 2.05) is 4.90 Å². The number of carbonyl (C=O) groups excluding carboxylic acids is 1. The van der Waals surface area contributed by atoms with Gasteiger partial charge in [-0.3, -0.25) is 4.79 Å². The van der Waals surface area contributed by atoms with Crippen LogP contribution in [0.2, 0.25) is 0 Å². The molecular formula is C18H18FNOS.